The molecule has 2 rings (SSSR count). The van der Waals surface area contributed by atoms with E-state index < -0.39 is 0 Å². The Labute approximate surface area is 148 Å². The number of carbonyl (C=O) groups is 1. The van der Waals surface area contributed by atoms with Gasteiger partial charge in [-0.25, -0.2) is 0 Å². The highest BCUT2D eigenvalue weighted by Gasteiger charge is 2.32. The lowest BCUT2D eigenvalue weighted by molar-refractivity contribution is -0.133. The van der Waals surface area contributed by atoms with Crippen molar-refractivity contribution in [3.05, 3.63) is 36.0 Å². The van der Waals surface area contributed by atoms with Crippen molar-refractivity contribution in [3.8, 4) is 0 Å². The number of carbonyl (C=O) groups excluding carboxylic acids is 1. The quantitative estimate of drug-likeness (QED) is 0.667. The van der Waals surface area contributed by atoms with Crippen molar-refractivity contribution < 1.29 is 4.79 Å². The highest BCUT2D eigenvalue weighted by atomic mass is 16.2. The minimum atomic E-state index is -0.144. The molecule has 1 aliphatic heterocycles. The zero-order chi connectivity index (χ0) is 18.0. The topological polar surface area (TPSA) is 20.3 Å². The predicted octanol–water partition coefficient (Wildman–Crippen LogP) is 5.52. The zero-order valence-corrected chi connectivity index (χ0v) is 16.5. The summed E-state index contributed by atoms with van der Waals surface area (Å²) in [5, 5.41) is 0. The predicted molar refractivity (Wildman–Crippen MR) is 103 cm³/mol. The van der Waals surface area contributed by atoms with Crippen LogP contribution in [0.25, 0.3) is 0 Å². The Hall–Kier alpha value is -1.31. The molecular weight excluding hydrogens is 294 g/mol. The summed E-state index contributed by atoms with van der Waals surface area (Å²) < 4.78 is 0. The number of nitrogens with zero attached hydrogens (tertiary/aromatic N) is 1. The maximum atomic E-state index is 13.0. The van der Waals surface area contributed by atoms with Crippen molar-refractivity contribution in [1.82, 2.24) is 4.90 Å². The zero-order valence-electron chi connectivity index (χ0n) is 16.5. The van der Waals surface area contributed by atoms with Gasteiger partial charge in [0.2, 0.25) is 5.91 Å². The van der Waals surface area contributed by atoms with Gasteiger partial charge in [-0.1, -0.05) is 78.3 Å². The first-order valence-corrected chi connectivity index (χ1v) is 9.38. The summed E-state index contributed by atoms with van der Waals surface area (Å²) >= 11 is 0. The average Bonchev–Trinajstić information content (AvgIpc) is 2.73. The van der Waals surface area contributed by atoms with Crippen LogP contribution in [0.3, 0.4) is 0 Å². The summed E-state index contributed by atoms with van der Waals surface area (Å²) in [5.74, 6) is 0.303. The summed E-state index contributed by atoms with van der Waals surface area (Å²) in [7, 11) is 0. The van der Waals surface area contributed by atoms with E-state index in [2.05, 4.69) is 76.8 Å². The van der Waals surface area contributed by atoms with Crippen LogP contribution in [-0.4, -0.2) is 23.9 Å². The van der Waals surface area contributed by atoms with Crippen molar-refractivity contribution >= 4 is 5.91 Å². The second-order valence-corrected chi connectivity index (χ2v) is 9.63. The van der Waals surface area contributed by atoms with E-state index in [0.717, 1.165) is 19.5 Å². The second-order valence-electron chi connectivity index (χ2n) is 9.63. The first-order chi connectivity index (χ1) is 11.0. The van der Waals surface area contributed by atoms with Crippen LogP contribution >= 0.6 is 0 Å². The minimum Gasteiger partial charge on any atom is -0.342 e. The summed E-state index contributed by atoms with van der Waals surface area (Å²) in [4.78, 5) is 15.1. The smallest absolute Gasteiger partial charge is 0.223 e. The summed E-state index contributed by atoms with van der Waals surface area (Å²) in [5.41, 5.74) is 1.42. The van der Waals surface area contributed by atoms with Gasteiger partial charge in [-0.05, 0) is 29.2 Å². The molecule has 1 saturated heterocycles. The van der Waals surface area contributed by atoms with Crippen LogP contribution in [0.4, 0.5) is 0 Å². The van der Waals surface area contributed by atoms with E-state index in [-0.39, 0.29) is 16.2 Å². The summed E-state index contributed by atoms with van der Waals surface area (Å²) in [6, 6.07) is 0. The summed E-state index contributed by atoms with van der Waals surface area (Å²) in [6.45, 7) is 15.2. The van der Waals surface area contributed by atoms with Gasteiger partial charge in [-0.3, -0.25) is 4.79 Å². The number of rotatable bonds is 3. The van der Waals surface area contributed by atoms with Gasteiger partial charge in [0, 0.05) is 24.9 Å². The maximum Gasteiger partial charge on any atom is 0.223 e. The number of hydrogen-bond donors (Lipinski definition) is 0. The molecule has 0 aromatic rings. The highest BCUT2D eigenvalue weighted by molar-refractivity contribution is 5.77. The highest BCUT2D eigenvalue weighted by Crippen LogP contribution is 2.36. The molecule has 1 fully saturated rings. The van der Waals surface area contributed by atoms with Crippen LogP contribution < -0.4 is 0 Å². The van der Waals surface area contributed by atoms with E-state index in [1.165, 1.54) is 18.4 Å². The Balaban J connectivity index is 2.09. The Bertz CT molecular complexity index is 561. The molecule has 0 aromatic carbocycles. The maximum absolute atomic E-state index is 13.0. The molecular formula is C22H35NO. The lowest BCUT2D eigenvalue weighted by atomic mass is 9.79. The fourth-order valence-electron chi connectivity index (χ4n) is 3.65. The molecule has 0 unspecified atom stereocenters. The third-order valence-corrected chi connectivity index (χ3v) is 5.37. The molecule has 24 heavy (non-hydrogen) atoms. The van der Waals surface area contributed by atoms with Crippen molar-refractivity contribution in [1.29, 1.82) is 0 Å². The van der Waals surface area contributed by atoms with Crippen molar-refractivity contribution in [2.45, 2.75) is 67.2 Å². The standard InChI is InChI=1S/C22H35NO/c1-20(2)13-9-10-18(11-14-20)22(5,6)16-19(24)23-15-8-7-12-21(3,4)17-23/h9-11,13-14H,7-8,12,15-17H2,1-6H3. The van der Waals surface area contributed by atoms with Gasteiger partial charge in [-0.15, -0.1) is 0 Å². The second kappa shape index (κ2) is 6.90. The van der Waals surface area contributed by atoms with Gasteiger partial charge < -0.3 is 4.90 Å². The Morgan fingerprint density at radius 1 is 1.17 bits per heavy atom. The molecule has 2 heteroatoms. The van der Waals surface area contributed by atoms with Crippen LogP contribution in [-0.2, 0) is 4.79 Å². The SMILES string of the molecule is CC1(C)C=CC=C(C(C)(C)CC(=O)N2CCCCC(C)(C)C2)C=C1. The van der Waals surface area contributed by atoms with Crippen LogP contribution in [0.15, 0.2) is 36.0 Å². The normalized spacial score (nSPS) is 23.4. The molecule has 1 aliphatic carbocycles. The Morgan fingerprint density at radius 2 is 1.88 bits per heavy atom. The third kappa shape index (κ3) is 5.09. The number of hydrogen-bond acceptors (Lipinski definition) is 1. The van der Waals surface area contributed by atoms with Crippen molar-refractivity contribution in [2.75, 3.05) is 13.1 Å². The number of likely N-dealkylation sites (tertiary alicyclic amines) is 1. The minimum absolute atomic E-state index is 0.0765. The molecule has 0 aromatic heterocycles. The van der Waals surface area contributed by atoms with Crippen LogP contribution in [0, 0.1) is 16.2 Å². The third-order valence-electron chi connectivity index (χ3n) is 5.37. The van der Waals surface area contributed by atoms with Gasteiger partial charge in [-0.2, -0.15) is 0 Å². The first-order valence-electron chi connectivity index (χ1n) is 9.38. The number of allylic oxidation sites excluding steroid dienone is 6. The van der Waals surface area contributed by atoms with E-state index >= 15 is 0 Å². The molecule has 0 spiro atoms. The van der Waals surface area contributed by atoms with Crippen LogP contribution in [0.1, 0.15) is 67.2 Å². The van der Waals surface area contributed by atoms with Crippen LogP contribution in [0.5, 0.6) is 0 Å². The van der Waals surface area contributed by atoms with E-state index in [0.29, 0.717) is 12.3 Å². The van der Waals surface area contributed by atoms with Crippen LogP contribution in [0.2, 0.25) is 0 Å². The van der Waals surface area contributed by atoms with Gasteiger partial charge in [0.05, 0.1) is 0 Å². The van der Waals surface area contributed by atoms with E-state index in [1.54, 1.807) is 0 Å². The molecule has 1 heterocycles. The van der Waals surface area contributed by atoms with Gasteiger partial charge in [0.1, 0.15) is 0 Å². The fraction of sp³-hybridized carbons (Fsp3) is 0.682. The van der Waals surface area contributed by atoms with E-state index in [9.17, 15) is 4.79 Å². The first kappa shape index (κ1) is 19.0. The lowest BCUT2D eigenvalue weighted by Gasteiger charge is -2.33. The van der Waals surface area contributed by atoms with Crippen molar-refractivity contribution in [2.24, 2.45) is 16.2 Å². The molecule has 0 atom stereocenters. The molecule has 2 nitrogen and oxygen atoms in total. The molecule has 0 saturated carbocycles. The van der Waals surface area contributed by atoms with E-state index in [1.807, 2.05) is 0 Å². The Morgan fingerprint density at radius 3 is 2.58 bits per heavy atom. The fourth-order valence-corrected chi connectivity index (χ4v) is 3.65. The molecule has 0 bridgehead atoms. The lowest BCUT2D eigenvalue weighted by Crippen LogP contribution is -2.39. The average molecular weight is 330 g/mol. The number of amides is 1. The molecule has 1 amide bonds. The molecule has 134 valence electrons. The molecule has 0 radical (unpaired) electrons. The summed E-state index contributed by atoms with van der Waals surface area (Å²) in [6.07, 6.45) is 15.1. The van der Waals surface area contributed by atoms with Gasteiger partial charge >= 0.3 is 0 Å². The van der Waals surface area contributed by atoms with Gasteiger partial charge in [0.15, 0.2) is 0 Å². The molecule has 2 aliphatic rings. The molecule has 0 N–H and O–H groups in total. The largest absolute Gasteiger partial charge is 0.342 e. The Kier molecular flexibility index (Phi) is 5.47. The van der Waals surface area contributed by atoms with Gasteiger partial charge in [0.25, 0.3) is 0 Å². The van der Waals surface area contributed by atoms with E-state index in [4.69, 9.17) is 0 Å². The van der Waals surface area contributed by atoms with Crippen molar-refractivity contribution in [3.63, 3.8) is 0 Å². The monoisotopic (exact) mass is 329 g/mol.